The van der Waals surface area contributed by atoms with Gasteiger partial charge < -0.3 is 15.2 Å². The van der Waals surface area contributed by atoms with Crippen molar-refractivity contribution < 1.29 is 24.2 Å². The molecule has 3 aromatic rings. The molecule has 0 heterocycles. The highest BCUT2D eigenvalue weighted by atomic mass is 16.5. The van der Waals surface area contributed by atoms with E-state index in [1.54, 1.807) is 12.1 Å². The first-order valence-electron chi connectivity index (χ1n) is 11.6. The van der Waals surface area contributed by atoms with Crippen molar-refractivity contribution in [2.75, 3.05) is 18.5 Å². The molecule has 4 rings (SSSR count). The Bertz CT molecular complexity index is 1220. The highest BCUT2D eigenvalue weighted by Crippen LogP contribution is 2.44. The van der Waals surface area contributed by atoms with Crippen LogP contribution in [0.2, 0.25) is 0 Å². The Morgan fingerprint density at radius 3 is 2.20 bits per heavy atom. The van der Waals surface area contributed by atoms with Crippen LogP contribution in [0.5, 0.6) is 0 Å². The van der Waals surface area contributed by atoms with E-state index in [4.69, 9.17) is 9.84 Å². The number of rotatable bonds is 8. The Labute approximate surface area is 204 Å². The van der Waals surface area contributed by atoms with Crippen molar-refractivity contribution in [1.29, 1.82) is 0 Å². The Balaban J connectivity index is 1.47. The van der Waals surface area contributed by atoms with Gasteiger partial charge in [-0.15, -0.1) is 0 Å². The summed E-state index contributed by atoms with van der Waals surface area (Å²) in [6.07, 6.45) is 0.0425. The van der Waals surface area contributed by atoms with Crippen molar-refractivity contribution in [2.45, 2.75) is 26.2 Å². The summed E-state index contributed by atoms with van der Waals surface area (Å²) < 4.78 is 5.61. The van der Waals surface area contributed by atoms with Crippen LogP contribution in [0.3, 0.4) is 0 Å². The summed E-state index contributed by atoms with van der Waals surface area (Å²) in [5, 5.41) is 14.4. The van der Waals surface area contributed by atoms with Crippen LogP contribution in [0.1, 0.15) is 46.8 Å². The number of nitrogens with one attached hydrogen (secondary N) is 2. The van der Waals surface area contributed by atoms with E-state index in [0.29, 0.717) is 12.1 Å². The molecule has 35 heavy (non-hydrogen) atoms. The molecular weight excluding hydrogens is 444 g/mol. The SMILES string of the molecule is CCc1ccc(NC(=O)OCC2c3ccccc3-c3ccccc32)c(C(=O)NCC(C)C(=O)O)c1. The molecule has 1 unspecified atom stereocenters. The van der Waals surface area contributed by atoms with Gasteiger partial charge in [0, 0.05) is 12.5 Å². The fraction of sp³-hybridized carbons (Fsp3) is 0.250. The molecule has 180 valence electrons. The van der Waals surface area contributed by atoms with E-state index in [1.807, 2.05) is 49.4 Å². The largest absolute Gasteiger partial charge is 0.481 e. The highest BCUT2D eigenvalue weighted by Gasteiger charge is 2.29. The molecule has 3 N–H and O–H groups in total. The van der Waals surface area contributed by atoms with Crippen LogP contribution in [-0.4, -0.2) is 36.2 Å². The van der Waals surface area contributed by atoms with Crippen molar-refractivity contribution in [3.05, 3.63) is 89.0 Å². The van der Waals surface area contributed by atoms with Gasteiger partial charge in [-0.3, -0.25) is 14.9 Å². The number of benzene rings is 3. The summed E-state index contributed by atoms with van der Waals surface area (Å²) in [7, 11) is 0. The molecule has 0 aliphatic heterocycles. The summed E-state index contributed by atoms with van der Waals surface area (Å²) in [6.45, 7) is 3.61. The third-order valence-electron chi connectivity index (χ3n) is 6.31. The van der Waals surface area contributed by atoms with Gasteiger partial charge in [0.05, 0.1) is 17.2 Å². The second-order valence-corrected chi connectivity index (χ2v) is 8.63. The molecule has 7 heteroatoms. The fourth-order valence-electron chi connectivity index (χ4n) is 4.28. The molecule has 0 saturated carbocycles. The zero-order valence-electron chi connectivity index (χ0n) is 19.7. The molecule has 1 atom stereocenters. The van der Waals surface area contributed by atoms with Gasteiger partial charge >= 0.3 is 12.1 Å². The lowest BCUT2D eigenvalue weighted by atomic mass is 9.98. The van der Waals surface area contributed by atoms with Gasteiger partial charge in [0.1, 0.15) is 6.61 Å². The quantitative estimate of drug-likeness (QED) is 0.425. The van der Waals surface area contributed by atoms with Crippen LogP contribution in [0.4, 0.5) is 10.5 Å². The van der Waals surface area contributed by atoms with Gasteiger partial charge in [0.25, 0.3) is 5.91 Å². The normalized spacial score (nSPS) is 12.9. The number of ether oxygens (including phenoxy) is 1. The molecular formula is C28H28N2O5. The van der Waals surface area contributed by atoms with Gasteiger partial charge in [-0.2, -0.15) is 0 Å². The number of fused-ring (bicyclic) bond motifs is 3. The molecule has 0 radical (unpaired) electrons. The predicted octanol–water partition coefficient (Wildman–Crippen LogP) is 5.06. The summed E-state index contributed by atoms with van der Waals surface area (Å²) in [5.41, 5.74) is 5.99. The van der Waals surface area contributed by atoms with E-state index in [0.717, 1.165) is 27.8 Å². The maximum atomic E-state index is 12.8. The summed E-state index contributed by atoms with van der Waals surface area (Å²) >= 11 is 0. The zero-order chi connectivity index (χ0) is 24.9. The van der Waals surface area contributed by atoms with E-state index < -0.39 is 23.9 Å². The molecule has 1 aliphatic carbocycles. The van der Waals surface area contributed by atoms with Gasteiger partial charge in [0.15, 0.2) is 0 Å². The van der Waals surface area contributed by atoms with E-state index in [1.165, 1.54) is 6.92 Å². The Hall–Kier alpha value is -4.13. The number of aryl methyl sites for hydroxylation is 1. The average Bonchev–Trinajstić information content (AvgIpc) is 3.19. The first-order valence-corrected chi connectivity index (χ1v) is 11.6. The van der Waals surface area contributed by atoms with Crippen molar-refractivity contribution in [3.63, 3.8) is 0 Å². The smallest absolute Gasteiger partial charge is 0.411 e. The number of aliphatic carboxylic acids is 1. The second kappa shape index (κ2) is 10.4. The predicted molar refractivity (Wildman–Crippen MR) is 134 cm³/mol. The topological polar surface area (TPSA) is 105 Å². The second-order valence-electron chi connectivity index (χ2n) is 8.63. The number of carbonyl (C=O) groups excluding carboxylic acids is 2. The molecule has 0 saturated heterocycles. The molecule has 7 nitrogen and oxygen atoms in total. The van der Waals surface area contributed by atoms with Crippen molar-refractivity contribution in [1.82, 2.24) is 5.32 Å². The highest BCUT2D eigenvalue weighted by molar-refractivity contribution is 6.03. The lowest BCUT2D eigenvalue weighted by Gasteiger charge is -2.16. The first kappa shape index (κ1) is 24.0. The maximum Gasteiger partial charge on any atom is 0.411 e. The number of carbonyl (C=O) groups is 3. The van der Waals surface area contributed by atoms with E-state index in [2.05, 4.69) is 22.8 Å². The molecule has 0 fully saturated rings. The number of amides is 2. The third kappa shape index (κ3) is 5.19. The lowest BCUT2D eigenvalue weighted by Crippen LogP contribution is -2.32. The molecule has 2 amide bonds. The summed E-state index contributed by atoms with van der Waals surface area (Å²) in [4.78, 5) is 36.6. The van der Waals surface area contributed by atoms with E-state index >= 15 is 0 Å². The number of hydrogen-bond acceptors (Lipinski definition) is 4. The van der Waals surface area contributed by atoms with Crippen LogP contribution in [0, 0.1) is 5.92 Å². The molecule has 0 bridgehead atoms. The molecule has 1 aliphatic rings. The van der Waals surface area contributed by atoms with E-state index in [9.17, 15) is 14.4 Å². The van der Waals surface area contributed by atoms with Crippen LogP contribution < -0.4 is 10.6 Å². The summed E-state index contributed by atoms with van der Waals surface area (Å²) in [5.74, 6) is -2.25. The zero-order valence-corrected chi connectivity index (χ0v) is 19.7. The van der Waals surface area contributed by atoms with Crippen molar-refractivity contribution in [2.24, 2.45) is 5.92 Å². The van der Waals surface area contributed by atoms with Gasteiger partial charge in [-0.1, -0.05) is 68.4 Å². The lowest BCUT2D eigenvalue weighted by molar-refractivity contribution is -0.140. The van der Waals surface area contributed by atoms with Crippen molar-refractivity contribution in [3.8, 4) is 11.1 Å². The number of anilines is 1. The number of carboxylic acid groups (broad SMARTS) is 1. The van der Waals surface area contributed by atoms with Crippen molar-refractivity contribution >= 4 is 23.7 Å². The Morgan fingerprint density at radius 2 is 1.60 bits per heavy atom. The van der Waals surface area contributed by atoms with Gasteiger partial charge in [-0.25, -0.2) is 4.79 Å². The minimum atomic E-state index is -0.996. The van der Waals surface area contributed by atoms with Gasteiger partial charge in [0.2, 0.25) is 0 Å². The minimum absolute atomic E-state index is 0.0189. The fourth-order valence-corrected chi connectivity index (χ4v) is 4.28. The number of hydrogen-bond donors (Lipinski definition) is 3. The first-order chi connectivity index (χ1) is 16.9. The standard InChI is InChI=1S/C28H28N2O5/c1-3-18-12-13-25(23(14-18)26(31)29-15-17(2)27(32)33)30-28(34)35-16-24-21-10-6-4-8-19(21)20-9-5-7-11-22(20)24/h4-14,17,24H,3,15-16H2,1-2H3,(H,29,31)(H,30,34)(H,32,33). The van der Waals surface area contributed by atoms with Crippen LogP contribution in [-0.2, 0) is 16.0 Å². The van der Waals surface area contributed by atoms with Crippen LogP contribution >= 0.6 is 0 Å². The maximum absolute atomic E-state index is 12.8. The Kier molecular flexibility index (Phi) is 7.15. The van der Waals surface area contributed by atoms with Gasteiger partial charge in [-0.05, 0) is 46.4 Å². The molecule has 0 aromatic heterocycles. The number of carboxylic acids is 1. The third-order valence-corrected chi connectivity index (χ3v) is 6.31. The monoisotopic (exact) mass is 472 g/mol. The summed E-state index contributed by atoms with van der Waals surface area (Å²) in [6, 6.07) is 21.4. The Morgan fingerprint density at radius 1 is 0.971 bits per heavy atom. The molecule has 0 spiro atoms. The van der Waals surface area contributed by atoms with Crippen LogP contribution in [0.25, 0.3) is 11.1 Å². The van der Waals surface area contributed by atoms with Crippen LogP contribution in [0.15, 0.2) is 66.7 Å². The average molecular weight is 473 g/mol. The molecule has 3 aromatic carbocycles. The van der Waals surface area contributed by atoms with E-state index in [-0.39, 0.29) is 24.6 Å². The minimum Gasteiger partial charge on any atom is -0.481 e.